The maximum atomic E-state index is 13.4. The van der Waals surface area contributed by atoms with E-state index in [-0.39, 0.29) is 23.9 Å². The molecule has 0 aliphatic carbocycles. The van der Waals surface area contributed by atoms with Crippen LogP contribution < -0.4 is 10.3 Å². The Hall–Kier alpha value is -3.87. The first kappa shape index (κ1) is 18.5. The zero-order chi connectivity index (χ0) is 20.1. The summed E-state index contributed by atoms with van der Waals surface area (Å²) in [6, 6.07) is 19.1. The molecule has 4 aromatic rings. The molecule has 2 aromatic carbocycles. The van der Waals surface area contributed by atoms with Gasteiger partial charge in [0.1, 0.15) is 12.4 Å². The molecule has 0 aliphatic rings. The second-order valence-electron chi connectivity index (χ2n) is 6.37. The first-order chi connectivity index (χ1) is 14.2. The highest BCUT2D eigenvalue weighted by Gasteiger charge is 2.07. The second kappa shape index (κ2) is 8.43. The van der Waals surface area contributed by atoms with Crippen LogP contribution in [-0.2, 0) is 13.2 Å². The fourth-order valence-electron chi connectivity index (χ4n) is 2.77. The largest absolute Gasteiger partial charge is 0.459 e. The van der Waals surface area contributed by atoms with E-state index >= 15 is 0 Å². The third-order valence-corrected chi connectivity index (χ3v) is 4.22. The van der Waals surface area contributed by atoms with Crippen molar-refractivity contribution in [3.63, 3.8) is 0 Å². The third kappa shape index (κ3) is 4.70. The average Bonchev–Trinajstić information content (AvgIpc) is 2.75. The van der Waals surface area contributed by atoms with Gasteiger partial charge in [0.05, 0.1) is 12.2 Å². The van der Waals surface area contributed by atoms with Crippen molar-refractivity contribution in [3.8, 4) is 17.3 Å². The number of ether oxygens (including phenoxy) is 1. The van der Waals surface area contributed by atoms with Gasteiger partial charge in [0.25, 0.3) is 5.56 Å². The van der Waals surface area contributed by atoms with E-state index in [1.54, 1.807) is 30.6 Å². The van der Waals surface area contributed by atoms with Crippen LogP contribution in [-0.4, -0.2) is 19.7 Å². The number of hydrogen-bond acceptors (Lipinski definition) is 5. The van der Waals surface area contributed by atoms with E-state index in [4.69, 9.17) is 4.74 Å². The van der Waals surface area contributed by atoms with Crippen LogP contribution in [0.25, 0.3) is 11.3 Å². The molecule has 0 unspecified atom stereocenters. The molecule has 29 heavy (non-hydrogen) atoms. The van der Waals surface area contributed by atoms with Gasteiger partial charge in [-0.1, -0.05) is 42.5 Å². The van der Waals surface area contributed by atoms with Gasteiger partial charge in [0, 0.05) is 24.0 Å². The minimum atomic E-state index is -0.355. The lowest BCUT2D eigenvalue weighted by Crippen LogP contribution is -2.22. The van der Waals surface area contributed by atoms with Crippen molar-refractivity contribution in [3.05, 3.63) is 106 Å². The van der Waals surface area contributed by atoms with Crippen molar-refractivity contribution < 1.29 is 9.13 Å². The Morgan fingerprint density at radius 1 is 0.897 bits per heavy atom. The highest BCUT2D eigenvalue weighted by atomic mass is 19.1. The summed E-state index contributed by atoms with van der Waals surface area (Å²) >= 11 is 0. The number of benzene rings is 2. The maximum Gasteiger partial charge on any atom is 0.316 e. The van der Waals surface area contributed by atoms with E-state index in [9.17, 15) is 9.18 Å². The third-order valence-electron chi connectivity index (χ3n) is 4.22. The Bertz CT molecular complexity index is 1160. The van der Waals surface area contributed by atoms with Crippen molar-refractivity contribution >= 4 is 0 Å². The highest BCUT2D eigenvalue weighted by molar-refractivity contribution is 5.55. The number of halogens is 1. The zero-order valence-electron chi connectivity index (χ0n) is 15.4. The lowest BCUT2D eigenvalue weighted by Gasteiger charge is -2.08. The molecule has 0 spiro atoms. The van der Waals surface area contributed by atoms with Gasteiger partial charge in [-0.25, -0.2) is 19.0 Å². The summed E-state index contributed by atoms with van der Waals surface area (Å²) in [4.78, 5) is 20.5. The normalized spacial score (nSPS) is 10.7. The van der Waals surface area contributed by atoms with Crippen molar-refractivity contribution in [2.24, 2.45) is 0 Å². The lowest BCUT2D eigenvalue weighted by molar-refractivity contribution is 0.280. The minimum Gasteiger partial charge on any atom is -0.459 e. The number of hydrogen-bond donors (Lipinski definition) is 0. The molecule has 0 aliphatic heterocycles. The predicted molar refractivity (Wildman–Crippen MR) is 106 cm³/mol. The second-order valence-corrected chi connectivity index (χ2v) is 6.37. The van der Waals surface area contributed by atoms with Gasteiger partial charge in [-0.2, -0.15) is 5.10 Å². The van der Waals surface area contributed by atoms with Gasteiger partial charge in [-0.05, 0) is 29.3 Å². The van der Waals surface area contributed by atoms with Crippen LogP contribution in [0, 0.1) is 5.82 Å². The van der Waals surface area contributed by atoms with Crippen molar-refractivity contribution in [2.75, 3.05) is 0 Å². The van der Waals surface area contributed by atoms with Gasteiger partial charge >= 0.3 is 6.01 Å². The van der Waals surface area contributed by atoms with E-state index < -0.39 is 0 Å². The van der Waals surface area contributed by atoms with E-state index in [0.29, 0.717) is 23.4 Å². The summed E-state index contributed by atoms with van der Waals surface area (Å²) in [5.74, 6) is -0.355. The Labute approximate surface area is 166 Å². The summed E-state index contributed by atoms with van der Waals surface area (Å²) in [6.07, 6.45) is 3.18. The minimum absolute atomic E-state index is 0.170. The van der Waals surface area contributed by atoms with Crippen LogP contribution in [0.3, 0.4) is 0 Å². The standard InChI is InChI=1S/C22H17FN4O2/c23-19-8-4-7-17(11-19)14-27-21(28)10-9-20(26-27)18-12-24-22(25-13-18)29-15-16-5-2-1-3-6-16/h1-13H,14-15H2. The zero-order valence-corrected chi connectivity index (χ0v) is 15.4. The number of nitrogens with zero attached hydrogens (tertiary/aromatic N) is 4. The smallest absolute Gasteiger partial charge is 0.316 e. The van der Waals surface area contributed by atoms with Crippen molar-refractivity contribution in [1.29, 1.82) is 0 Å². The highest BCUT2D eigenvalue weighted by Crippen LogP contribution is 2.16. The van der Waals surface area contributed by atoms with Gasteiger partial charge in [0.2, 0.25) is 0 Å². The van der Waals surface area contributed by atoms with Gasteiger partial charge in [0.15, 0.2) is 0 Å². The van der Waals surface area contributed by atoms with Gasteiger partial charge < -0.3 is 4.74 Å². The summed E-state index contributed by atoms with van der Waals surface area (Å²) < 4.78 is 20.3. The molecule has 2 heterocycles. The molecule has 4 rings (SSSR count). The maximum absolute atomic E-state index is 13.4. The quantitative estimate of drug-likeness (QED) is 0.506. The molecular formula is C22H17FN4O2. The van der Waals surface area contributed by atoms with Crippen LogP contribution >= 0.6 is 0 Å². The predicted octanol–water partition coefficient (Wildman–Crippen LogP) is 3.47. The number of rotatable bonds is 6. The first-order valence-corrected chi connectivity index (χ1v) is 8.99. The molecule has 0 atom stereocenters. The number of aromatic nitrogens is 4. The molecule has 0 fully saturated rings. The fourth-order valence-corrected chi connectivity index (χ4v) is 2.77. The van der Waals surface area contributed by atoms with E-state index in [0.717, 1.165) is 5.56 Å². The topological polar surface area (TPSA) is 69.9 Å². The molecular weight excluding hydrogens is 371 g/mol. The summed E-state index contributed by atoms with van der Waals surface area (Å²) in [7, 11) is 0. The molecule has 144 valence electrons. The Morgan fingerprint density at radius 3 is 2.41 bits per heavy atom. The molecule has 6 nitrogen and oxygen atoms in total. The molecule has 0 amide bonds. The van der Waals surface area contributed by atoms with Crippen LogP contribution in [0.4, 0.5) is 4.39 Å². The molecule has 0 bridgehead atoms. The van der Waals surface area contributed by atoms with Crippen LogP contribution in [0.1, 0.15) is 11.1 Å². The Morgan fingerprint density at radius 2 is 1.66 bits per heavy atom. The summed E-state index contributed by atoms with van der Waals surface area (Å²) in [6.45, 7) is 0.542. The molecule has 0 N–H and O–H groups in total. The molecule has 0 radical (unpaired) electrons. The van der Waals surface area contributed by atoms with Crippen LogP contribution in [0.5, 0.6) is 6.01 Å². The molecule has 7 heteroatoms. The van der Waals surface area contributed by atoms with Crippen LogP contribution in [0.15, 0.2) is 83.9 Å². The van der Waals surface area contributed by atoms with E-state index in [2.05, 4.69) is 15.1 Å². The average molecular weight is 388 g/mol. The molecule has 2 aromatic heterocycles. The monoisotopic (exact) mass is 388 g/mol. The molecule has 0 saturated carbocycles. The van der Waals surface area contributed by atoms with Gasteiger partial charge in [-0.3, -0.25) is 4.79 Å². The van der Waals surface area contributed by atoms with E-state index in [1.165, 1.54) is 22.9 Å². The summed E-state index contributed by atoms with van der Waals surface area (Å²) in [5, 5.41) is 4.35. The van der Waals surface area contributed by atoms with E-state index in [1.807, 2.05) is 30.3 Å². The van der Waals surface area contributed by atoms with Crippen molar-refractivity contribution in [2.45, 2.75) is 13.2 Å². The lowest BCUT2D eigenvalue weighted by atomic mass is 10.2. The van der Waals surface area contributed by atoms with Crippen LogP contribution in [0.2, 0.25) is 0 Å². The SMILES string of the molecule is O=c1ccc(-c2cnc(OCc3ccccc3)nc2)nn1Cc1cccc(F)c1. The van der Waals surface area contributed by atoms with Gasteiger partial charge in [-0.15, -0.1) is 0 Å². The molecule has 0 saturated heterocycles. The Balaban J connectivity index is 1.50. The fraction of sp³-hybridized carbons (Fsp3) is 0.0909. The van der Waals surface area contributed by atoms with Crippen molar-refractivity contribution in [1.82, 2.24) is 19.7 Å². The Kier molecular flexibility index (Phi) is 5.38. The summed E-state index contributed by atoms with van der Waals surface area (Å²) in [5.41, 5.74) is 2.58. The first-order valence-electron chi connectivity index (χ1n) is 8.99.